The van der Waals surface area contributed by atoms with Gasteiger partial charge in [-0.15, -0.1) is 0 Å². The van der Waals surface area contributed by atoms with E-state index in [1.54, 1.807) is 22.5 Å². The number of piperidine rings is 1. The monoisotopic (exact) mass is 396 g/mol. The molecule has 4 nitrogen and oxygen atoms in total. The predicted octanol–water partition coefficient (Wildman–Crippen LogP) is 3.94. The summed E-state index contributed by atoms with van der Waals surface area (Å²) in [5.41, 5.74) is 1.77. The SMILES string of the molecule is O=S(=O)(c1ccc(CNCc2ccc(Cl)c(F)c2)cc1)N1CCCCC1. The fraction of sp³-hybridized carbons (Fsp3) is 0.368. The smallest absolute Gasteiger partial charge is 0.243 e. The maximum absolute atomic E-state index is 13.4. The van der Waals surface area contributed by atoms with E-state index in [4.69, 9.17) is 11.6 Å². The Kier molecular flexibility index (Phi) is 6.29. The Hall–Kier alpha value is -1.47. The maximum atomic E-state index is 13.4. The van der Waals surface area contributed by atoms with Crippen LogP contribution in [-0.4, -0.2) is 25.8 Å². The second-order valence-corrected chi connectivity index (χ2v) is 8.81. The second-order valence-electron chi connectivity index (χ2n) is 6.46. The Morgan fingerprint density at radius 3 is 2.23 bits per heavy atom. The topological polar surface area (TPSA) is 49.4 Å². The van der Waals surface area contributed by atoms with Crippen molar-refractivity contribution in [2.75, 3.05) is 13.1 Å². The molecule has 1 aliphatic heterocycles. The highest BCUT2D eigenvalue weighted by molar-refractivity contribution is 7.89. The Morgan fingerprint density at radius 2 is 1.58 bits per heavy atom. The molecule has 0 radical (unpaired) electrons. The standard InChI is InChI=1S/C19H22ClFN2O2S/c20-18-9-6-16(12-19(18)21)14-22-13-15-4-7-17(8-5-15)26(24,25)23-10-2-1-3-11-23/h4-9,12,22H,1-3,10-11,13-14H2. The third-order valence-corrected chi connectivity index (χ3v) is 6.74. The third-order valence-electron chi connectivity index (χ3n) is 4.52. The summed E-state index contributed by atoms with van der Waals surface area (Å²) in [4.78, 5) is 0.336. The number of sulfonamides is 1. The van der Waals surface area contributed by atoms with Gasteiger partial charge in [-0.25, -0.2) is 12.8 Å². The van der Waals surface area contributed by atoms with Gasteiger partial charge in [0.25, 0.3) is 0 Å². The van der Waals surface area contributed by atoms with Crippen molar-refractivity contribution >= 4 is 21.6 Å². The van der Waals surface area contributed by atoms with E-state index < -0.39 is 15.8 Å². The number of halogens is 2. The lowest BCUT2D eigenvalue weighted by Crippen LogP contribution is -2.35. The minimum atomic E-state index is -3.39. The van der Waals surface area contributed by atoms with Gasteiger partial charge < -0.3 is 5.32 Å². The summed E-state index contributed by atoms with van der Waals surface area (Å²) >= 11 is 5.67. The lowest BCUT2D eigenvalue weighted by Gasteiger charge is -2.25. The highest BCUT2D eigenvalue weighted by atomic mass is 35.5. The van der Waals surface area contributed by atoms with E-state index in [0.717, 1.165) is 30.4 Å². The zero-order valence-corrected chi connectivity index (χ0v) is 16.0. The van der Waals surface area contributed by atoms with Crippen LogP contribution in [0.5, 0.6) is 0 Å². The summed E-state index contributed by atoms with van der Waals surface area (Å²) in [6.45, 7) is 2.27. The van der Waals surface area contributed by atoms with Crippen LogP contribution in [0.3, 0.4) is 0 Å². The highest BCUT2D eigenvalue weighted by Gasteiger charge is 2.25. The first kappa shape index (κ1) is 19.3. The number of hydrogen-bond donors (Lipinski definition) is 1. The Morgan fingerprint density at radius 1 is 0.962 bits per heavy atom. The number of hydrogen-bond acceptors (Lipinski definition) is 3. The molecule has 1 fully saturated rings. The number of rotatable bonds is 6. The summed E-state index contributed by atoms with van der Waals surface area (Å²) in [7, 11) is -3.39. The average molecular weight is 397 g/mol. The molecule has 0 bridgehead atoms. The van der Waals surface area contributed by atoms with Crippen LogP contribution in [0.2, 0.25) is 5.02 Å². The van der Waals surface area contributed by atoms with E-state index >= 15 is 0 Å². The largest absolute Gasteiger partial charge is 0.309 e. The second kappa shape index (κ2) is 8.48. The molecule has 1 N–H and O–H groups in total. The van der Waals surface area contributed by atoms with Crippen molar-refractivity contribution in [1.82, 2.24) is 9.62 Å². The van der Waals surface area contributed by atoms with Crippen molar-refractivity contribution in [2.45, 2.75) is 37.2 Å². The lowest BCUT2D eigenvalue weighted by molar-refractivity contribution is 0.346. The fourth-order valence-electron chi connectivity index (χ4n) is 3.03. The molecule has 0 aliphatic carbocycles. The number of nitrogens with one attached hydrogen (secondary N) is 1. The van der Waals surface area contributed by atoms with E-state index in [1.807, 2.05) is 12.1 Å². The number of nitrogens with zero attached hydrogens (tertiary/aromatic N) is 1. The molecule has 1 saturated heterocycles. The normalized spacial score (nSPS) is 15.9. The van der Waals surface area contributed by atoms with Gasteiger partial charge in [-0.1, -0.05) is 36.2 Å². The van der Waals surface area contributed by atoms with E-state index in [1.165, 1.54) is 12.1 Å². The van der Waals surface area contributed by atoms with Gasteiger partial charge in [-0.05, 0) is 48.2 Å². The van der Waals surface area contributed by atoms with Crippen LogP contribution in [0, 0.1) is 5.82 Å². The molecule has 26 heavy (non-hydrogen) atoms. The molecule has 2 aromatic rings. The van der Waals surface area contributed by atoms with Crippen molar-refractivity contribution in [2.24, 2.45) is 0 Å². The van der Waals surface area contributed by atoms with Crippen LogP contribution in [0.15, 0.2) is 47.4 Å². The van der Waals surface area contributed by atoms with E-state index in [0.29, 0.717) is 31.1 Å². The zero-order valence-electron chi connectivity index (χ0n) is 14.4. The van der Waals surface area contributed by atoms with Gasteiger partial charge >= 0.3 is 0 Å². The molecule has 0 unspecified atom stereocenters. The van der Waals surface area contributed by atoms with Crippen molar-refractivity contribution < 1.29 is 12.8 Å². The van der Waals surface area contributed by atoms with Gasteiger partial charge in [0.05, 0.1) is 9.92 Å². The van der Waals surface area contributed by atoms with Crippen LogP contribution >= 0.6 is 11.6 Å². The van der Waals surface area contributed by atoms with Crippen molar-refractivity contribution in [3.05, 3.63) is 64.4 Å². The first-order valence-corrected chi connectivity index (χ1v) is 10.5. The zero-order chi connectivity index (χ0) is 18.6. The molecule has 7 heteroatoms. The molecule has 0 spiro atoms. The maximum Gasteiger partial charge on any atom is 0.243 e. The first-order valence-electron chi connectivity index (χ1n) is 8.70. The Balaban J connectivity index is 1.58. The van der Waals surface area contributed by atoms with Crippen LogP contribution in [-0.2, 0) is 23.1 Å². The summed E-state index contributed by atoms with van der Waals surface area (Å²) in [6, 6.07) is 11.6. The highest BCUT2D eigenvalue weighted by Crippen LogP contribution is 2.21. The van der Waals surface area contributed by atoms with Crippen LogP contribution in [0.25, 0.3) is 0 Å². The Labute approximate surface area is 159 Å². The van der Waals surface area contributed by atoms with Gasteiger partial charge in [0.15, 0.2) is 0 Å². The number of benzene rings is 2. The summed E-state index contributed by atoms with van der Waals surface area (Å²) in [5, 5.41) is 3.33. The summed E-state index contributed by atoms with van der Waals surface area (Å²) in [5.74, 6) is -0.432. The molecule has 0 saturated carbocycles. The van der Waals surface area contributed by atoms with Crippen LogP contribution in [0.4, 0.5) is 4.39 Å². The predicted molar refractivity (Wildman–Crippen MR) is 101 cm³/mol. The average Bonchev–Trinajstić information content (AvgIpc) is 2.66. The van der Waals surface area contributed by atoms with E-state index in [2.05, 4.69) is 5.32 Å². The molecular weight excluding hydrogens is 375 g/mol. The fourth-order valence-corrected chi connectivity index (χ4v) is 4.67. The van der Waals surface area contributed by atoms with E-state index in [-0.39, 0.29) is 5.02 Å². The molecule has 0 aromatic heterocycles. The van der Waals surface area contributed by atoms with Crippen LogP contribution in [0.1, 0.15) is 30.4 Å². The van der Waals surface area contributed by atoms with Crippen LogP contribution < -0.4 is 5.32 Å². The van der Waals surface area contributed by atoms with Gasteiger partial charge in [0.1, 0.15) is 5.82 Å². The van der Waals surface area contributed by atoms with E-state index in [9.17, 15) is 12.8 Å². The molecule has 140 valence electrons. The summed E-state index contributed by atoms with van der Waals surface area (Å²) < 4.78 is 40.2. The van der Waals surface area contributed by atoms with Crippen molar-refractivity contribution in [3.8, 4) is 0 Å². The van der Waals surface area contributed by atoms with Crippen molar-refractivity contribution in [1.29, 1.82) is 0 Å². The minimum absolute atomic E-state index is 0.110. The first-order chi connectivity index (χ1) is 12.5. The summed E-state index contributed by atoms with van der Waals surface area (Å²) in [6.07, 6.45) is 2.94. The quantitative estimate of drug-likeness (QED) is 0.804. The van der Waals surface area contributed by atoms with Gasteiger partial charge in [0.2, 0.25) is 10.0 Å². The molecule has 3 rings (SSSR count). The third kappa shape index (κ3) is 4.62. The molecular formula is C19H22ClFN2O2S. The minimum Gasteiger partial charge on any atom is -0.309 e. The van der Waals surface area contributed by atoms with Gasteiger partial charge in [-0.3, -0.25) is 0 Å². The molecule has 0 atom stereocenters. The van der Waals surface area contributed by atoms with Gasteiger partial charge in [0, 0.05) is 26.2 Å². The molecule has 1 heterocycles. The van der Waals surface area contributed by atoms with Gasteiger partial charge in [-0.2, -0.15) is 4.31 Å². The molecule has 1 aliphatic rings. The lowest BCUT2D eigenvalue weighted by atomic mass is 10.2. The van der Waals surface area contributed by atoms with Crippen molar-refractivity contribution in [3.63, 3.8) is 0 Å². The molecule has 2 aromatic carbocycles. The molecule has 0 amide bonds. The Bertz CT molecular complexity index is 850.